The molecule has 0 saturated heterocycles. The minimum absolute atomic E-state index is 0.0741. The Bertz CT molecular complexity index is 381. The summed E-state index contributed by atoms with van der Waals surface area (Å²) in [5.74, 6) is 3.06. The van der Waals surface area contributed by atoms with Gasteiger partial charge in [0.2, 0.25) is 0 Å². The Labute approximate surface area is 99.5 Å². The molecule has 2 unspecified atom stereocenters. The van der Waals surface area contributed by atoms with Crippen molar-refractivity contribution in [3.8, 4) is 11.5 Å². The summed E-state index contributed by atoms with van der Waals surface area (Å²) in [4.78, 5) is 0. The van der Waals surface area contributed by atoms with Gasteiger partial charge in [0.05, 0.1) is 0 Å². The molecule has 1 nitrogen and oxygen atoms in total. The smallest absolute Gasteiger partial charge is 0.129 e. The average Bonchev–Trinajstić information content (AvgIpc) is 2.25. The van der Waals surface area contributed by atoms with Crippen LogP contribution < -0.4 is 0 Å². The number of aliphatic hydroxyl groups is 1. The zero-order chi connectivity index (χ0) is 12.2. The molecule has 2 heteroatoms. The van der Waals surface area contributed by atoms with E-state index in [0.717, 1.165) is 5.56 Å². The Hall–Kier alpha value is -1.04. The molecule has 1 N–H and O–H groups in total. The van der Waals surface area contributed by atoms with Gasteiger partial charge < -0.3 is 5.11 Å². The maximum Gasteiger partial charge on any atom is 0.129 e. The van der Waals surface area contributed by atoms with Crippen LogP contribution in [-0.2, 0) is 0 Å². The van der Waals surface area contributed by atoms with Crippen molar-refractivity contribution in [3.63, 3.8) is 0 Å². The second-order valence-electron chi connectivity index (χ2n) is 5.16. The molecule has 1 rings (SSSR count). The molecule has 86 valence electrons. The van der Waals surface area contributed by atoms with Crippen molar-refractivity contribution in [2.24, 2.45) is 0 Å². The van der Waals surface area contributed by atoms with Crippen LogP contribution in [0.4, 0.5) is 0 Å². The molecule has 0 spiro atoms. The maximum atomic E-state index is 9.98. The summed E-state index contributed by atoms with van der Waals surface area (Å²) in [6.07, 6.45) is -0.561. The third-order valence-corrected chi connectivity index (χ3v) is 3.29. The maximum absolute atomic E-state index is 9.98. The van der Waals surface area contributed by atoms with E-state index in [9.17, 15) is 5.11 Å². The molecule has 2 atom stereocenters. The Morgan fingerprint density at radius 2 is 1.69 bits per heavy atom. The zero-order valence-electron chi connectivity index (χ0n) is 10.5. The van der Waals surface area contributed by atoms with Crippen LogP contribution in [0.15, 0.2) is 30.3 Å². The van der Waals surface area contributed by atoms with Crippen LogP contribution in [0.25, 0.3) is 0 Å². The normalized spacial score (nSPS) is 14.8. The van der Waals surface area contributed by atoms with Gasteiger partial charge in [-0.05, 0) is 5.56 Å². The highest BCUT2D eigenvalue weighted by Crippen LogP contribution is 2.18. The van der Waals surface area contributed by atoms with Gasteiger partial charge in [-0.1, -0.05) is 62.8 Å². The summed E-state index contributed by atoms with van der Waals surface area (Å²) in [7, 11) is -1.39. The van der Waals surface area contributed by atoms with Crippen molar-refractivity contribution in [2.45, 2.75) is 38.6 Å². The first-order valence-corrected chi connectivity index (χ1v) is 9.16. The fourth-order valence-corrected chi connectivity index (χ4v) is 1.94. The van der Waals surface area contributed by atoms with E-state index >= 15 is 0 Å². The quantitative estimate of drug-likeness (QED) is 0.614. The first kappa shape index (κ1) is 13.0. The standard InChI is InChI=1S/C14H20OSi/c1-12(13-8-6-5-7-9-13)14(15)10-11-16(2,3)4/h5-9,12,14-15H,1-4H3. The summed E-state index contributed by atoms with van der Waals surface area (Å²) in [5, 5.41) is 9.98. The van der Waals surface area contributed by atoms with Gasteiger partial charge >= 0.3 is 0 Å². The lowest BCUT2D eigenvalue weighted by Gasteiger charge is -2.15. The summed E-state index contributed by atoms with van der Waals surface area (Å²) >= 11 is 0. The molecule has 16 heavy (non-hydrogen) atoms. The molecule has 1 aromatic rings. The average molecular weight is 232 g/mol. The fraction of sp³-hybridized carbons (Fsp3) is 0.429. The van der Waals surface area contributed by atoms with Crippen LogP contribution in [0.1, 0.15) is 18.4 Å². The summed E-state index contributed by atoms with van der Waals surface area (Å²) < 4.78 is 0. The van der Waals surface area contributed by atoms with Crippen LogP contribution >= 0.6 is 0 Å². The van der Waals surface area contributed by atoms with Crippen molar-refractivity contribution < 1.29 is 5.11 Å². The van der Waals surface area contributed by atoms with Gasteiger partial charge in [0.25, 0.3) is 0 Å². The van der Waals surface area contributed by atoms with Gasteiger partial charge in [0.15, 0.2) is 0 Å². The van der Waals surface area contributed by atoms with Crippen LogP contribution in [0.3, 0.4) is 0 Å². The number of aliphatic hydroxyl groups excluding tert-OH is 1. The predicted octanol–water partition coefficient (Wildman–Crippen LogP) is 3.03. The molecule has 0 bridgehead atoms. The lowest BCUT2D eigenvalue weighted by atomic mass is 9.96. The largest absolute Gasteiger partial charge is 0.380 e. The third kappa shape index (κ3) is 4.22. The SMILES string of the molecule is CC(c1ccccc1)C(O)C#C[Si](C)(C)C. The van der Waals surface area contributed by atoms with Gasteiger partial charge in [0.1, 0.15) is 14.2 Å². The van der Waals surface area contributed by atoms with Crippen LogP contribution in [0.2, 0.25) is 19.6 Å². The van der Waals surface area contributed by atoms with E-state index in [1.54, 1.807) is 0 Å². The second-order valence-corrected chi connectivity index (χ2v) is 9.91. The Balaban J connectivity index is 2.75. The zero-order valence-corrected chi connectivity index (χ0v) is 11.5. The predicted molar refractivity (Wildman–Crippen MR) is 72.0 cm³/mol. The minimum atomic E-state index is -1.39. The van der Waals surface area contributed by atoms with Crippen molar-refractivity contribution >= 4 is 8.07 Å². The van der Waals surface area contributed by atoms with Gasteiger partial charge in [-0.2, -0.15) is 0 Å². The first-order valence-electron chi connectivity index (χ1n) is 5.66. The Morgan fingerprint density at radius 3 is 2.19 bits per heavy atom. The summed E-state index contributed by atoms with van der Waals surface area (Å²) in [6, 6.07) is 10.0. The second kappa shape index (κ2) is 5.34. The fourth-order valence-electron chi connectivity index (χ4n) is 1.35. The van der Waals surface area contributed by atoms with E-state index in [4.69, 9.17) is 0 Å². The van der Waals surface area contributed by atoms with E-state index in [0.29, 0.717) is 0 Å². The number of rotatable bonds is 2. The number of hydrogen-bond acceptors (Lipinski definition) is 1. The van der Waals surface area contributed by atoms with Crippen LogP contribution in [-0.4, -0.2) is 19.3 Å². The Morgan fingerprint density at radius 1 is 1.12 bits per heavy atom. The first-order chi connectivity index (χ1) is 7.40. The van der Waals surface area contributed by atoms with Gasteiger partial charge in [-0.25, -0.2) is 0 Å². The molecule has 0 fully saturated rings. The molecule has 0 aliphatic rings. The summed E-state index contributed by atoms with van der Waals surface area (Å²) in [6.45, 7) is 8.55. The van der Waals surface area contributed by atoms with E-state index in [-0.39, 0.29) is 5.92 Å². The summed E-state index contributed by atoms with van der Waals surface area (Å²) in [5.41, 5.74) is 4.35. The molecule has 1 aromatic carbocycles. The number of hydrogen-bond donors (Lipinski definition) is 1. The molecular formula is C14H20OSi. The molecule has 0 aliphatic carbocycles. The van der Waals surface area contributed by atoms with E-state index < -0.39 is 14.2 Å². The van der Waals surface area contributed by atoms with Crippen molar-refractivity contribution in [2.75, 3.05) is 0 Å². The molecular weight excluding hydrogens is 212 g/mol. The lowest BCUT2D eigenvalue weighted by molar-refractivity contribution is 0.206. The van der Waals surface area contributed by atoms with Gasteiger partial charge in [0, 0.05) is 5.92 Å². The van der Waals surface area contributed by atoms with Gasteiger partial charge in [-0.3, -0.25) is 0 Å². The van der Waals surface area contributed by atoms with E-state index in [2.05, 4.69) is 31.1 Å². The third-order valence-electron chi connectivity index (χ3n) is 2.39. The molecule has 0 amide bonds. The molecule has 0 radical (unpaired) electrons. The van der Waals surface area contributed by atoms with Gasteiger partial charge in [-0.15, -0.1) is 5.54 Å². The van der Waals surface area contributed by atoms with Crippen molar-refractivity contribution in [3.05, 3.63) is 35.9 Å². The highest BCUT2D eigenvalue weighted by Gasteiger charge is 2.14. The van der Waals surface area contributed by atoms with Crippen LogP contribution in [0, 0.1) is 11.5 Å². The van der Waals surface area contributed by atoms with Crippen LogP contribution in [0.5, 0.6) is 0 Å². The highest BCUT2D eigenvalue weighted by atomic mass is 28.3. The topological polar surface area (TPSA) is 20.2 Å². The minimum Gasteiger partial charge on any atom is -0.380 e. The van der Waals surface area contributed by atoms with E-state index in [1.165, 1.54) is 0 Å². The Kier molecular flexibility index (Phi) is 4.34. The lowest BCUT2D eigenvalue weighted by Crippen LogP contribution is -2.19. The number of benzene rings is 1. The molecule has 0 heterocycles. The molecule has 0 aromatic heterocycles. The van der Waals surface area contributed by atoms with Crippen molar-refractivity contribution in [1.82, 2.24) is 0 Å². The van der Waals surface area contributed by atoms with Crippen molar-refractivity contribution in [1.29, 1.82) is 0 Å². The van der Waals surface area contributed by atoms with E-state index in [1.807, 2.05) is 37.3 Å². The monoisotopic (exact) mass is 232 g/mol. The molecule has 0 saturated carbocycles. The highest BCUT2D eigenvalue weighted by molar-refractivity contribution is 6.83. The molecule has 0 aliphatic heterocycles.